The molecule has 0 unspecified atom stereocenters. The maximum absolute atomic E-state index is 15.1. The van der Waals surface area contributed by atoms with Crippen molar-refractivity contribution in [2.24, 2.45) is 0 Å². The SMILES string of the molecule is COc1ccc(C#Cc2c(F)c(F)c(C3=C(c4ccc(OC)cc4)C(F)(F)C(F)(F)C3(F)F)c(F)c2F)cc1. The predicted molar refractivity (Wildman–Crippen MR) is 120 cm³/mol. The molecule has 0 aromatic heterocycles. The van der Waals surface area contributed by atoms with Crippen LogP contribution >= 0.6 is 0 Å². The van der Waals surface area contributed by atoms with Crippen molar-refractivity contribution in [2.45, 2.75) is 17.8 Å². The summed E-state index contributed by atoms with van der Waals surface area (Å²) in [7, 11) is 2.51. The summed E-state index contributed by atoms with van der Waals surface area (Å²) in [5.41, 5.74) is -9.73. The van der Waals surface area contributed by atoms with Crippen LogP contribution in [0.2, 0.25) is 0 Å². The fourth-order valence-corrected chi connectivity index (χ4v) is 3.96. The van der Waals surface area contributed by atoms with Gasteiger partial charge in [-0.15, -0.1) is 0 Å². The minimum atomic E-state index is -6.22. The Morgan fingerprint density at radius 3 is 1.46 bits per heavy atom. The van der Waals surface area contributed by atoms with E-state index in [0.717, 1.165) is 19.2 Å². The van der Waals surface area contributed by atoms with E-state index in [1.54, 1.807) is 0 Å². The summed E-state index contributed by atoms with van der Waals surface area (Å²) in [6.07, 6.45) is 0. The molecule has 0 radical (unpaired) electrons. The van der Waals surface area contributed by atoms with Crippen molar-refractivity contribution in [1.29, 1.82) is 0 Å². The van der Waals surface area contributed by atoms with Gasteiger partial charge in [0.05, 0.1) is 25.4 Å². The van der Waals surface area contributed by atoms with Crippen LogP contribution in [-0.2, 0) is 0 Å². The molecule has 39 heavy (non-hydrogen) atoms. The van der Waals surface area contributed by atoms with E-state index in [1.165, 1.54) is 31.4 Å². The van der Waals surface area contributed by atoms with Crippen LogP contribution in [0.4, 0.5) is 43.9 Å². The van der Waals surface area contributed by atoms with E-state index in [0.29, 0.717) is 17.9 Å². The Bertz CT molecular complexity index is 1500. The first-order chi connectivity index (χ1) is 18.2. The third kappa shape index (κ3) is 4.16. The minimum Gasteiger partial charge on any atom is -0.497 e. The van der Waals surface area contributed by atoms with E-state index in [9.17, 15) is 35.1 Å². The minimum absolute atomic E-state index is 0.00466. The Balaban J connectivity index is 1.99. The van der Waals surface area contributed by atoms with Gasteiger partial charge in [-0.25, -0.2) is 17.6 Å². The molecular weight excluding hydrogens is 546 g/mol. The monoisotopic (exact) mass is 560 g/mol. The number of hydrogen-bond acceptors (Lipinski definition) is 2. The van der Waals surface area contributed by atoms with E-state index < -0.39 is 68.9 Å². The first kappa shape index (κ1) is 27.9. The molecule has 1 aliphatic rings. The average Bonchev–Trinajstić information content (AvgIpc) is 3.01. The van der Waals surface area contributed by atoms with Crippen LogP contribution in [0.3, 0.4) is 0 Å². The lowest BCUT2D eigenvalue weighted by atomic mass is 9.92. The molecule has 0 amide bonds. The highest BCUT2D eigenvalue weighted by Gasteiger charge is 2.80. The van der Waals surface area contributed by atoms with Gasteiger partial charge in [0, 0.05) is 11.1 Å². The molecule has 0 fully saturated rings. The van der Waals surface area contributed by atoms with Gasteiger partial charge in [0.25, 0.3) is 0 Å². The van der Waals surface area contributed by atoms with Crippen molar-refractivity contribution in [2.75, 3.05) is 14.2 Å². The molecule has 0 saturated carbocycles. The van der Waals surface area contributed by atoms with E-state index in [2.05, 4.69) is 5.92 Å². The van der Waals surface area contributed by atoms with Gasteiger partial charge in [0.15, 0.2) is 23.3 Å². The number of allylic oxidation sites excluding steroid dienone is 2. The number of alkyl halides is 6. The summed E-state index contributed by atoms with van der Waals surface area (Å²) in [6, 6.07) is 8.59. The predicted octanol–water partition coefficient (Wildman–Crippen LogP) is 7.49. The van der Waals surface area contributed by atoms with Crippen molar-refractivity contribution in [3.05, 3.63) is 94.1 Å². The van der Waals surface area contributed by atoms with Gasteiger partial charge in [0.2, 0.25) is 0 Å². The fourth-order valence-electron chi connectivity index (χ4n) is 3.96. The lowest BCUT2D eigenvalue weighted by Gasteiger charge is -2.26. The molecule has 204 valence electrons. The third-order valence-electron chi connectivity index (χ3n) is 5.98. The molecule has 4 rings (SSSR count). The number of rotatable bonds is 4. The Kier molecular flexibility index (Phi) is 6.83. The van der Waals surface area contributed by atoms with E-state index >= 15 is 8.78 Å². The van der Waals surface area contributed by atoms with Crippen LogP contribution in [0.15, 0.2) is 48.5 Å². The zero-order chi connectivity index (χ0) is 28.9. The second-order valence-corrected chi connectivity index (χ2v) is 8.19. The van der Waals surface area contributed by atoms with Gasteiger partial charge in [-0.05, 0) is 42.0 Å². The zero-order valence-corrected chi connectivity index (χ0v) is 19.7. The van der Waals surface area contributed by atoms with Crippen molar-refractivity contribution in [3.63, 3.8) is 0 Å². The Morgan fingerprint density at radius 1 is 0.564 bits per heavy atom. The Morgan fingerprint density at radius 2 is 1.00 bits per heavy atom. The summed E-state index contributed by atoms with van der Waals surface area (Å²) in [4.78, 5) is 0. The number of hydrogen-bond donors (Lipinski definition) is 0. The molecule has 0 saturated heterocycles. The molecule has 0 aliphatic heterocycles. The number of ether oxygens (including phenoxy) is 2. The van der Waals surface area contributed by atoms with Crippen LogP contribution in [0.5, 0.6) is 11.5 Å². The van der Waals surface area contributed by atoms with E-state index in [-0.39, 0.29) is 11.3 Å². The van der Waals surface area contributed by atoms with Crippen LogP contribution in [0, 0.1) is 35.1 Å². The lowest BCUT2D eigenvalue weighted by molar-refractivity contribution is -0.254. The largest absolute Gasteiger partial charge is 0.497 e. The fraction of sp³-hybridized carbons (Fsp3) is 0.185. The average molecular weight is 560 g/mol. The molecular formula is C27H14F10O2. The summed E-state index contributed by atoms with van der Waals surface area (Å²) >= 11 is 0. The van der Waals surface area contributed by atoms with Crippen molar-refractivity contribution in [1.82, 2.24) is 0 Å². The quantitative estimate of drug-likeness (QED) is 0.187. The highest BCUT2D eigenvalue weighted by molar-refractivity contribution is 6.01. The molecule has 1 aliphatic carbocycles. The topological polar surface area (TPSA) is 18.5 Å². The molecule has 12 heteroatoms. The van der Waals surface area contributed by atoms with Crippen molar-refractivity contribution in [3.8, 4) is 23.3 Å². The maximum atomic E-state index is 15.1. The Labute approximate surface area is 214 Å². The lowest BCUT2D eigenvalue weighted by Crippen LogP contribution is -2.49. The smallest absolute Gasteiger partial charge is 0.380 e. The second-order valence-electron chi connectivity index (χ2n) is 8.19. The summed E-state index contributed by atoms with van der Waals surface area (Å²) in [5.74, 6) is -23.4. The van der Waals surface area contributed by atoms with Crippen LogP contribution < -0.4 is 9.47 Å². The standard InChI is InChI=1S/C27H14F10O2/c1-38-15-8-3-13(4-9-15)5-12-17-21(28)23(30)18(24(31)22(17)29)20-19(14-6-10-16(39-2)11-7-14)25(32,33)27(36,37)26(20,34)35/h3-4,6-11H,1-2H3. The number of benzene rings is 3. The van der Waals surface area contributed by atoms with Gasteiger partial charge in [-0.2, -0.15) is 26.3 Å². The van der Waals surface area contributed by atoms with Crippen molar-refractivity contribution >= 4 is 11.1 Å². The molecule has 3 aromatic rings. The van der Waals surface area contributed by atoms with Crippen molar-refractivity contribution < 1.29 is 53.4 Å². The molecule has 0 N–H and O–H groups in total. The number of methoxy groups -OCH3 is 2. The zero-order valence-electron chi connectivity index (χ0n) is 19.7. The second kappa shape index (κ2) is 9.55. The first-order valence-corrected chi connectivity index (χ1v) is 10.8. The van der Waals surface area contributed by atoms with Crippen LogP contribution in [-0.4, -0.2) is 32.0 Å². The van der Waals surface area contributed by atoms with Gasteiger partial charge < -0.3 is 9.47 Å². The van der Waals surface area contributed by atoms with Gasteiger partial charge in [-0.3, -0.25) is 0 Å². The normalized spacial score (nSPS) is 17.0. The Hall–Kier alpha value is -4.14. The third-order valence-corrected chi connectivity index (χ3v) is 5.98. The van der Waals surface area contributed by atoms with Gasteiger partial charge >= 0.3 is 17.8 Å². The van der Waals surface area contributed by atoms with Crippen LogP contribution in [0.1, 0.15) is 22.3 Å². The molecule has 0 bridgehead atoms. The van der Waals surface area contributed by atoms with Gasteiger partial charge in [-0.1, -0.05) is 24.0 Å². The highest BCUT2D eigenvalue weighted by atomic mass is 19.3. The van der Waals surface area contributed by atoms with Gasteiger partial charge in [0.1, 0.15) is 17.1 Å². The van der Waals surface area contributed by atoms with Crippen LogP contribution in [0.25, 0.3) is 11.1 Å². The summed E-state index contributed by atoms with van der Waals surface area (Å²) < 4.78 is 158. The van der Waals surface area contributed by atoms with E-state index in [4.69, 9.17) is 9.47 Å². The first-order valence-electron chi connectivity index (χ1n) is 10.8. The number of halogens is 10. The van der Waals surface area contributed by atoms with E-state index in [1.807, 2.05) is 5.92 Å². The highest BCUT2D eigenvalue weighted by Crippen LogP contribution is 2.65. The molecule has 0 spiro atoms. The molecule has 0 atom stereocenters. The molecule has 3 aromatic carbocycles. The summed E-state index contributed by atoms with van der Waals surface area (Å²) in [5, 5.41) is 0. The molecule has 0 heterocycles. The maximum Gasteiger partial charge on any atom is 0.380 e. The summed E-state index contributed by atoms with van der Waals surface area (Å²) in [6.45, 7) is 0. The molecule has 2 nitrogen and oxygen atoms in total.